The van der Waals surface area contributed by atoms with Gasteiger partial charge in [-0.2, -0.15) is 0 Å². The fourth-order valence-electron chi connectivity index (χ4n) is 3.32. The van der Waals surface area contributed by atoms with Crippen LogP contribution in [-0.4, -0.2) is 42.5 Å². The third-order valence-corrected chi connectivity index (χ3v) is 5.95. The summed E-state index contributed by atoms with van der Waals surface area (Å²) >= 11 is 1.84. The second-order valence-corrected chi connectivity index (χ2v) is 7.86. The van der Waals surface area contributed by atoms with Crippen LogP contribution in [-0.2, 0) is 6.54 Å². The lowest BCUT2D eigenvalue weighted by Crippen LogP contribution is -2.44. The van der Waals surface area contributed by atoms with Crippen molar-refractivity contribution >= 4 is 41.3 Å². The number of guanidine groups is 1. The second-order valence-electron chi connectivity index (χ2n) is 6.88. The highest BCUT2D eigenvalue weighted by atomic mass is 127. The van der Waals surface area contributed by atoms with Crippen molar-refractivity contribution in [3.05, 3.63) is 52.5 Å². The molecule has 148 valence electrons. The van der Waals surface area contributed by atoms with E-state index in [0.717, 1.165) is 24.1 Å². The third kappa shape index (κ3) is 6.73. The maximum Gasteiger partial charge on any atom is 0.191 e. The van der Waals surface area contributed by atoms with Crippen LogP contribution >= 0.6 is 35.3 Å². The van der Waals surface area contributed by atoms with Crippen LogP contribution in [0, 0.1) is 5.92 Å². The molecule has 0 aromatic carbocycles. The minimum absolute atomic E-state index is 0. The van der Waals surface area contributed by atoms with Crippen molar-refractivity contribution in [3.8, 4) is 0 Å². The third-order valence-electron chi connectivity index (χ3n) is 4.98. The standard InChI is InChI=1S/C20H29N5S.HI/c1-16-8-11-25(12-9-16)18(19-7-5-13-26-19)15-24-20(21-2)23-14-17-6-3-4-10-22-17;/h3-7,10,13,16,18H,8-9,11-12,14-15H2,1-2H3,(H2,21,23,24);1H. The Morgan fingerprint density at radius 1 is 1.26 bits per heavy atom. The van der Waals surface area contributed by atoms with Crippen molar-refractivity contribution in [2.24, 2.45) is 10.9 Å². The SMILES string of the molecule is CN=C(NCc1ccccn1)NCC(c1cccs1)N1CCC(C)CC1.I. The molecule has 1 saturated heterocycles. The number of aliphatic imine (C=N–C) groups is 1. The van der Waals surface area contributed by atoms with Gasteiger partial charge in [-0.15, -0.1) is 35.3 Å². The predicted molar refractivity (Wildman–Crippen MR) is 125 cm³/mol. The summed E-state index contributed by atoms with van der Waals surface area (Å²) in [6.45, 7) is 6.23. The fourth-order valence-corrected chi connectivity index (χ4v) is 4.18. The van der Waals surface area contributed by atoms with E-state index in [4.69, 9.17) is 0 Å². The first kappa shape index (κ1) is 22.1. The number of thiophene rings is 1. The van der Waals surface area contributed by atoms with Crippen LogP contribution in [0.5, 0.6) is 0 Å². The summed E-state index contributed by atoms with van der Waals surface area (Å²) in [5, 5.41) is 9.04. The van der Waals surface area contributed by atoms with Gasteiger partial charge in [-0.3, -0.25) is 14.9 Å². The molecule has 1 unspecified atom stereocenters. The van der Waals surface area contributed by atoms with Gasteiger partial charge in [-0.25, -0.2) is 0 Å². The Kier molecular flexibility index (Phi) is 9.50. The van der Waals surface area contributed by atoms with E-state index >= 15 is 0 Å². The molecule has 1 fully saturated rings. The van der Waals surface area contributed by atoms with Gasteiger partial charge < -0.3 is 10.6 Å². The monoisotopic (exact) mass is 499 g/mol. The maximum absolute atomic E-state index is 4.37. The van der Waals surface area contributed by atoms with E-state index in [1.165, 1.54) is 30.8 Å². The molecule has 5 nitrogen and oxygen atoms in total. The molecule has 1 aliphatic rings. The van der Waals surface area contributed by atoms with Gasteiger partial charge in [0.2, 0.25) is 0 Å². The fraction of sp³-hybridized carbons (Fsp3) is 0.500. The summed E-state index contributed by atoms with van der Waals surface area (Å²) in [5.41, 5.74) is 1.01. The first-order valence-corrected chi connectivity index (χ1v) is 10.3. The molecule has 3 heterocycles. The largest absolute Gasteiger partial charge is 0.354 e. The molecule has 0 bridgehead atoms. The highest BCUT2D eigenvalue weighted by Crippen LogP contribution is 2.28. The Hall–Kier alpha value is -1.19. The number of halogens is 1. The number of hydrogen-bond acceptors (Lipinski definition) is 4. The summed E-state index contributed by atoms with van der Waals surface area (Å²) in [7, 11) is 1.82. The highest BCUT2D eigenvalue weighted by molar-refractivity contribution is 14.0. The second kappa shape index (κ2) is 11.6. The van der Waals surface area contributed by atoms with Crippen LogP contribution in [0.25, 0.3) is 0 Å². The molecule has 2 aromatic heterocycles. The number of piperidine rings is 1. The lowest BCUT2D eigenvalue weighted by molar-refractivity contribution is 0.140. The van der Waals surface area contributed by atoms with Gasteiger partial charge in [0.25, 0.3) is 0 Å². The smallest absolute Gasteiger partial charge is 0.191 e. The number of hydrogen-bond donors (Lipinski definition) is 2. The van der Waals surface area contributed by atoms with Crippen LogP contribution in [0.15, 0.2) is 46.9 Å². The van der Waals surface area contributed by atoms with E-state index in [1.54, 1.807) is 0 Å². The summed E-state index contributed by atoms with van der Waals surface area (Å²) in [5.74, 6) is 1.67. The number of nitrogens with one attached hydrogen (secondary N) is 2. The number of likely N-dealkylation sites (tertiary alicyclic amines) is 1. The molecular weight excluding hydrogens is 469 g/mol. The Morgan fingerprint density at radius 3 is 2.70 bits per heavy atom. The molecule has 0 aliphatic carbocycles. The van der Waals surface area contributed by atoms with Crippen molar-refractivity contribution in [2.45, 2.75) is 32.4 Å². The van der Waals surface area contributed by atoms with E-state index in [1.807, 2.05) is 42.8 Å². The zero-order valence-electron chi connectivity index (χ0n) is 16.1. The average Bonchev–Trinajstić information content (AvgIpc) is 3.21. The quantitative estimate of drug-likeness (QED) is 0.360. The van der Waals surface area contributed by atoms with Crippen molar-refractivity contribution in [1.82, 2.24) is 20.5 Å². The van der Waals surface area contributed by atoms with E-state index in [9.17, 15) is 0 Å². The minimum atomic E-state index is 0. The molecule has 2 aromatic rings. The molecule has 1 atom stereocenters. The van der Waals surface area contributed by atoms with Crippen LogP contribution < -0.4 is 10.6 Å². The van der Waals surface area contributed by atoms with Crippen LogP contribution in [0.4, 0.5) is 0 Å². The van der Waals surface area contributed by atoms with Crippen molar-refractivity contribution in [2.75, 3.05) is 26.7 Å². The van der Waals surface area contributed by atoms with Gasteiger partial charge >= 0.3 is 0 Å². The Bertz CT molecular complexity index is 669. The molecule has 7 heteroatoms. The van der Waals surface area contributed by atoms with E-state index in [2.05, 4.69) is 49.9 Å². The molecular formula is C20H30IN5S. The van der Waals surface area contributed by atoms with Gasteiger partial charge in [-0.1, -0.05) is 19.1 Å². The zero-order chi connectivity index (χ0) is 18.2. The molecule has 2 N–H and O–H groups in total. The number of aromatic nitrogens is 1. The van der Waals surface area contributed by atoms with E-state index < -0.39 is 0 Å². The molecule has 0 saturated carbocycles. The number of nitrogens with zero attached hydrogens (tertiary/aromatic N) is 3. The predicted octanol–water partition coefficient (Wildman–Crippen LogP) is 3.90. The normalized spacial score (nSPS) is 17.2. The molecule has 0 radical (unpaired) electrons. The first-order valence-electron chi connectivity index (χ1n) is 9.38. The zero-order valence-corrected chi connectivity index (χ0v) is 19.2. The summed E-state index contributed by atoms with van der Waals surface area (Å²) in [4.78, 5) is 12.8. The molecule has 3 rings (SSSR count). The minimum Gasteiger partial charge on any atom is -0.354 e. The number of rotatable bonds is 6. The van der Waals surface area contributed by atoms with Crippen LogP contribution in [0.1, 0.15) is 36.4 Å². The van der Waals surface area contributed by atoms with E-state index in [-0.39, 0.29) is 24.0 Å². The van der Waals surface area contributed by atoms with E-state index in [0.29, 0.717) is 12.6 Å². The molecule has 27 heavy (non-hydrogen) atoms. The Labute approximate surface area is 183 Å². The Morgan fingerprint density at radius 2 is 2.07 bits per heavy atom. The topological polar surface area (TPSA) is 52.6 Å². The van der Waals surface area contributed by atoms with Crippen molar-refractivity contribution in [1.29, 1.82) is 0 Å². The summed E-state index contributed by atoms with van der Waals surface area (Å²) in [6.07, 6.45) is 4.39. The highest BCUT2D eigenvalue weighted by Gasteiger charge is 2.25. The summed E-state index contributed by atoms with van der Waals surface area (Å²) in [6, 6.07) is 10.7. The van der Waals surface area contributed by atoms with Gasteiger partial charge in [-0.05, 0) is 55.4 Å². The molecule has 0 spiro atoms. The molecule has 1 aliphatic heterocycles. The maximum atomic E-state index is 4.37. The Balaban J connectivity index is 0.00000261. The number of pyridine rings is 1. The van der Waals surface area contributed by atoms with Crippen molar-refractivity contribution < 1.29 is 0 Å². The van der Waals surface area contributed by atoms with Gasteiger partial charge in [0.15, 0.2) is 5.96 Å². The van der Waals surface area contributed by atoms with Crippen molar-refractivity contribution in [3.63, 3.8) is 0 Å². The van der Waals surface area contributed by atoms with Gasteiger partial charge in [0, 0.05) is 24.7 Å². The van der Waals surface area contributed by atoms with Gasteiger partial charge in [0.05, 0.1) is 18.3 Å². The lowest BCUT2D eigenvalue weighted by atomic mass is 9.97. The van der Waals surface area contributed by atoms with Crippen LogP contribution in [0.3, 0.4) is 0 Å². The lowest BCUT2D eigenvalue weighted by Gasteiger charge is -2.36. The first-order chi connectivity index (χ1) is 12.8. The van der Waals surface area contributed by atoms with Crippen LogP contribution in [0.2, 0.25) is 0 Å². The summed E-state index contributed by atoms with van der Waals surface area (Å²) < 4.78 is 0. The van der Waals surface area contributed by atoms with Gasteiger partial charge in [0.1, 0.15) is 0 Å². The average molecular weight is 499 g/mol. The molecule has 0 amide bonds.